The van der Waals surface area contributed by atoms with Gasteiger partial charge in [-0.3, -0.25) is 19.1 Å². The number of nitrogens with zero attached hydrogens (tertiary/aromatic N) is 2. The van der Waals surface area contributed by atoms with Crippen molar-refractivity contribution in [2.75, 3.05) is 29.0 Å². The molecule has 9 heteroatoms. The molecule has 0 spiro atoms. The summed E-state index contributed by atoms with van der Waals surface area (Å²) >= 11 is 3.37. The Morgan fingerprint density at radius 3 is 2.52 bits per heavy atom. The SMILES string of the molecule is CCCCN(C(=O)CNc1ccc(Br)cc1)c1c(N)n(CC(C)C)c(=O)[nH]c1=O. The first-order chi connectivity index (χ1) is 13.7. The number of nitrogens with two attached hydrogens (primary N) is 1. The van der Waals surface area contributed by atoms with E-state index in [0.29, 0.717) is 19.5 Å². The molecule has 158 valence electrons. The van der Waals surface area contributed by atoms with Crippen molar-refractivity contribution in [1.29, 1.82) is 0 Å². The summed E-state index contributed by atoms with van der Waals surface area (Å²) in [6.45, 7) is 6.56. The van der Waals surface area contributed by atoms with Crippen LogP contribution in [0.5, 0.6) is 0 Å². The minimum Gasteiger partial charge on any atom is -0.383 e. The fraction of sp³-hybridized carbons (Fsp3) is 0.450. The van der Waals surface area contributed by atoms with E-state index in [-0.39, 0.29) is 29.9 Å². The third-order valence-corrected chi connectivity index (χ3v) is 4.88. The average molecular weight is 466 g/mol. The summed E-state index contributed by atoms with van der Waals surface area (Å²) in [7, 11) is 0. The molecule has 1 heterocycles. The van der Waals surface area contributed by atoms with E-state index in [1.54, 1.807) is 0 Å². The maximum atomic E-state index is 13.0. The lowest BCUT2D eigenvalue weighted by molar-refractivity contribution is -0.117. The van der Waals surface area contributed by atoms with Crippen molar-refractivity contribution >= 4 is 39.0 Å². The number of nitrogen functional groups attached to an aromatic ring is 1. The minimum absolute atomic E-state index is 0.00642. The van der Waals surface area contributed by atoms with E-state index in [1.807, 2.05) is 45.0 Å². The van der Waals surface area contributed by atoms with Crippen LogP contribution in [0.1, 0.15) is 33.6 Å². The standard InChI is InChI=1S/C20H28BrN5O3/c1-4-5-10-25(16(27)11-23-15-8-6-14(21)7-9-15)17-18(22)26(12-13(2)3)20(29)24-19(17)28/h6-9,13,23H,4-5,10-12,22H2,1-3H3,(H,24,28,29). The van der Waals surface area contributed by atoms with Crippen LogP contribution in [0, 0.1) is 5.92 Å². The molecular formula is C20H28BrN5O3. The molecule has 8 nitrogen and oxygen atoms in total. The van der Waals surface area contributed by atoms with Gasteiger partial charge in [-0.1, -0.05) is 43.1 Å². The Kier molecular flexibility index (Phi) is 8.07. The fourth-order valence-corrected chi connectivity index (χ4v) is 3.17. The molecule has 2 rings (SSSR count). The molecule has 0 radical (unpaired) electrons. The molecule has 0 aliphatic heterocycles. The van der Waals surface area contributed by atoms with Crippen molar-refractivity contribution in [3.63, 3.8) is 0 Å². The van der Waals surface area contributed by atoms with E-state index in [1.165, 1.54) is 9.47 Å². The van der Waals surface area contributed by atoms with E-state index in [9.17, 15) is 14.4 Å². The van der Waals surface area contributed by atoms with Crippen LogP contribution >= 0.6 is 15.9 Å². The van der Waals surface area contributed by atoms with E-state index in [4.69, 9.17) is 5.73 Å². The van der Waals surface area contributed by atoms with Gasteiger partial charge in [0.25, 0.3) is 5.56 Å². The van der Waals surface area contributed by atoms with Crippen LogP contribution in [0.4, 0.5) is 17.2 Å². The highest BCUT2D eigenvalue weighted by molar-refractivity contribution is 9.10. The minimum atomic E-state index is -0.652. The van der Waals surface area contributed by atoms with Crippen LogP contribution in [0.3, 0.4) is 0 Å². The van der Waals surface area contributed by atoms with Gasteiger partial charge in [-0.05, 0) is 36.6 Å². The molecular weight excluding hydrogens is 438 g/mol. The molecule has 0 saturated carbocycles. The summed E-state index contributed by atoms with van der Waals surface area (Å²) in [4.78, 5) is 41.4. The van der Waals surface area contributed by atoms with Crippen molar-refractivity contribution < 1.29 is 4.79 Å². The molecule has 0 atom stereocenters. The molecule has 0 unspecified atom stereocenters. The number of aromatic nitrogens is 2. The number of amides is 1. The Bertz CT molecular complexity index is 950. The first-order valence-electron chi connectivity index (χ1n) is 9.67. The van der Waals surface area contributed by atoms with Crippen molar-refractivity contribution in [2.24, 2.45) is 5.92 Å². The number of benzene rings is 1. The second kappa shape index (κ2) is 10.3. The molecule has 29 heavy (non-hydrogen) atoms. The number of hydrogen-bond donors (Lipinski definition) is 3. The summed E-state index contributed by atoms with van der Waals surface area (Å²) < 4.78 is 2.25. The molecule has 0 aliphatic carbocycles. The van der Waals surface area contributed by atoms with Crippen LogP contribution in [0.15, 0.2) is 38.3 Å². The van der Waals surface area contributed by atoms with E-state index >= 15 is 0 Å². The van der Waals surface area contributed by atoms with Gasteiger partial charge < -0.3 is 16.0 Å². The Hall–Kier alpha value is -2.55. The first kappa shape index (κ1) is 22.7. The van der Waals surface area contributed by atoms with Gasteiger partial charge >= 0.3 is 5.69 Å². The molecule has 1 aromatic carbocycles. The third kappa shape index (κ3) is 5.96. The summed E-state index contributed by atoms with van der Waals surface area (Å²) in [5.74, 6) is -0.138. The fourth-order valence-electron chi connectivity index (χ4n) is 2.90. The third-order valence-electron chi connectivity index (χ3n) is 4.36. The van der Waals surface area contributed by atoms with E-state index in [0.717, 1.165) is 16.6 Å². The van der Waals surface area contributed by atoms with Crippen LogP contribution in [-0.2, 0) is 11.3 Å². The van der Waals surface area contributed by atoms with Gasteiger partial charge in [-0.2, -0.15) is 0 Å². The van der Waals surface area contributed by atoms with Crippen LogP contribution in [-0.4, -0.2) is 28.5 Å². The quantitative estimate of drug-likeness (QED) is 0.526. The Balaban J connectivity index is 2.35. The van der Waals surface area contributed by atoms with E-state index in [2.05, 4.69) is 26.2 Å². The molecule has 1 amide bonds. The Morgan fingerprint density at radius 2 is 1.93 bits per heavy atom. The lowest BCUT2D eigenvalue weighted by Gasteiger charge is -2.25. The number of halogens is 1. The van der Waals surface area contributed by atoms with Gasteiger partial charge in [0.2, 0.25) is 5.91 Å². The number of rotatable bonds is 9. The van der Waals surface area contributed by atoms with Crippen LogP contribution < -0.4 is 27.2 Å². The molecule has 0 fully saturated rings. The van der Waals surface area contributed by atoms with Gasteiger partial charge in [-0.15, -0.1) is 0 Å². The maximum Gasteiger partial charge on any atom is 0.330 e. The number of hydrogen-bond acceptors (Lipinski definition) is 5. The predicted molar refractivity (Wildman–Crippen MR) is 120 cm³/mol. The predicted octanol–water partition coefficient (Wildman–Crippen LogP) is 2.78. The van der Waals surface area contributed by atoms with Crippen molar-refractivity contribution in [1.82, 2.24) is 9.55 Å². The van der Waals surface area contributed by atoms with Crippen molar-refractivity contribution in [3.05, 3.63) is 49.6 Å². The lowest BCUT2D eigenvalue weighted by atomic mass is 10.2. The summed E-state index contributed by atoms with van der Waals surface area (Å²) in [5.41, 5.74) is 5.78. The average Bonchev–Trinajstić information content (AvgIpc) is 2.66. The van der Waals surface area contributed by atoms with Gasteiger partial charge in [0.15, 0.2) is 5.69 Å². The number of carbonyl (C=O) groups excluding carboxylic acids is 1. The second-order valence-electron chi connectivity index (χ2n) is 7.26. The molecule has 1 aromatic heterocycles. The maximum absolute atomic E-state index is 13.0. The van der Waals surface area contributed by atoms with Gasteiger partial charge in [0.05, 0.1) is 6.54 Å². The molecule has 0 aliphatic rings. The lowest BCUT2D eigenvalue weighted by Crippen LogP contribution is -2.43. The highest BCUT2D eigenvalue weighted by atomic mass is 79.9. The summed E-state index contributed by atoms with van der Waals surface area (Å²) in [6, 6.07) is 7.42. The Morgan fingerprint density at radius 1 is 1.28 bits per heavy atom. The molecule has 0 saturated heterocycles. The zero-order valence-corrected chi connectivity index (χ0v) is 18.6. The highest BCUT2D eigenvalue weighted by Gasteiger charge is 2.24. The number of carbonyl (C=O) groups is 1. The van der Waals surface area contributed by atoms with Crippen molar-refractivity contribution in [2.45, 2.75) is 40.2 Å². The van der Waals surface area contributed by atoms with Crippen molar-refractivity contribution in [3.8, 4) is 0 Å². The highest BCUT2D eigenvalue weighted by Crippen LogP contribution is 2.19. The zero-order valence-electron chi connectivity index (χ0n) is 17.0. The number of aromatic amines is 1. The van der Waals surface area contributed by atoms with Crippen LogP contribution in [0.25, 0.3) is 0 Å². The largest absolute Gasteiger partial charge is 0.383 e. The van der Waals surface area contributed by atoms with Crippen LogP contribution in [0.2, 0.25) is 0 Å². The number of H-pyrrole nitrogens is 1. The van der Waals surface area contributed by atoms with E-state index < -0.39 is 11.2 Å². The molecule has 0 bridgehead atoms. The Labute approximate surface area is 178 Å². The zero-order chi connectivity index (χ0) is 21.6. The molecule has 2 aromatic rings. The number of anilines is 3. The molecule has 4 N–H and O–H groups in total. The number of nitrogens with one attached hydrogen (secondary N) is 2. The van der Waals surface area contributed by atoms with Gasteiger partial charge in [0.1, 0.15) is 5.82 Å². The second-order valence-corrected chi connectivity index (χ2v) is 8.17. The summed E-state index contributed by atoms with van der Waals surface area (Å²) in [5, 5.41) is 3.06. The summed E-state index contributed by atoms with van der Waals surface area (Å²) in [6.07, 6.45) is 1.54. The smallest absolute Gasteiger partial charge is 0.330 e. The topological polar surface area (TPSA) is 113 Å². The van der Waals surface area contributed by atoms with Gasteiger partial charge in [-0.25, -0.2) is 4.79 Å². The normalized spacial score (nSPS) is 10.9. The number of unbranched alkanes of at least 4 members (excludes halogenated alkanes) is 1. The monoisotopic (exact) mass is 465 g/mol. The first-order valence-corrected chi connectivity index (χ1v) is 10.5. The van der Waals surface area contributed by atoms with Gasteiger partial charge in [0, 0.05) is 23.2 Å².